The lowest BCUT2D eigenvalue weighted by molar-refractivity contribution is -0.175. The van der Waals surface area contributed by atoms with Crippen LogP contribution in [0.25, 0.3) is 0 Å². The predicted molar refractivity (Wildman–Crippen MR) is 97.3 cm³/mol. The Bertz CT molecular complexity index is 900. The summed E-state index contributed by atoms with van der Waals surface area (Å²) in [5.74, 6) is -5.96. The molecule has 1 N–H and O–H groups in total. The van der Waals surface area contributed by atoms with E-state index in [0.717, 1.165) is 5.56 Å². The molecule has 0 saturated heterocycles. The van der Waals surface area contributed by atoms with Crippen LogP contribution in [0.5, 0.6) is 0 Å². The maximum atomic E-state index is 14.7. The molecule has 0 spiro atoms. The maximum Gasteiger partial charge on any atom is 0.379 e. The van der Waals surface area contributed by atoms with Gasteiger partial charge < -0.3 is 4.74 Å². The van der Waals surface area contributed by atoms with Crippen molar-refractivity contribution in [2.75, 3.05) is 6.61 Å². The van der Waals surface area contributed by atoms with Gasteiger partial charge in [-0.25, -0.2) is 13.2 Å². The standard InChI is InChI=1S/C18H18ClF2NO4S/c1-3-26-17(23)18(20,21)16(13-6-8-14(19)9-7-13)22-27(24,25)15-10-4-12(2)5-11-15/h4-11,16,22H,3H2,1-2H3. The number of aryl methyl sites for hydroxylation is 1. The van der Waals surface area contributed by atoms with Gasteiger partial charge in [-0.1, -0.05) is 41.4 Å². The van der Waals surface area contributed by atoms with Gasteiger partial charge in [-0.3, -0.25) is 0 Å². The number of esters is 1. The number of halogens is 3. The van der Waals surface area contributed by atoms with Crippen LogP contribution < -0.4 is 4.72 Å². The van der Waals surface area contributed by atoms with Crippen LogP contribution in [0.3, 0.4) is 0 Å². The molecular weight excluding hydrogens is 400 g/mol. The van der Waals surface area contributed by atoms with E-state index < -0.39 is 28.0 Å². The molecule has 2 aromatic rings. The average molecular weight is 418 g/mol. The Morgan fingerprint density at radius 1 is 1.15 bits per heavy atom. The van der Waals surface area contributed by atoms with Gasteiger partial charge in [0.25, 0.3) is 0 Å². The summed E-state index contributed by atoms with van der Waals surface area (Å²) in [5, 5.41) is 0.276. The highest BCUT2D eigenvalue weighted by Crippen LogP contribution is 2.34. The molecule has 1 atom stereocenters. The second-order valence-corrected chi connectivity index (χ2v) is 7.91. The summed E-state index contributed by atoms with van der Waals surface area (Å²) in [7, 11) is -4.34. The minimum Gasteiger partial charge on any atom is -0.462 e. The van der Waals surface area contributed by atoms with Crippen LogP contribution in [0, 0.1) is 6.92 Å². The number of hydrogen-bond acceptors (Lipinski definition) is 4. The van der Waals surface area contributed by atoms with E-state index in [0.29, 0.717) is 0 Å². The molecule has 2 aromatic carbocycles. The minimum atomic E-state index is -4.34. The SMILES string of the molecule is CCOC(=O)C(F)(F)C(NS(=O)(=O)c1ccc(C)cc1)c1ccc(Cl)cc1. The lowest BCUT2D eigenvalue weighted by atomic mass is 10.0. The zero-order valence-electron chi connectivity index (χ0n) is 14.6. The number of alkyl halides is 2. The largest absolute Gasteiger partial charge is 0.462 e. The first-order chi connectivity index (χ1) is 12.6. The monoisotopic (exact) mass is 417 g/mol. The number of rotatable bonds is 7. The maximum absolute atomic E-state index is 14.7. The van der Waals surface area contributed by atoms with E-state index >= 15 is 0 Å². The van der Waals surface area contributed by atoms with Crippen LogP contribution in [-0.4, -0.2) is 26.9 Å². The van der Waals surface area contributed by atoms with Gasteiger partial charge in [0.1, 0.15) is 6.04 Å². The molecule has 0 aliphatic carbocycles. The molecule has 0 saturated carbocycles. The van der Waals surface area contributed by atoms with E-state index in [1.54, 1.807) is 6.92 Å². The molecule has 0 radical (unpaired) electrons. The Morgan fingerprint density at radius 2 is 1.70 bits per heavy atom. The van der Waals surface area contributed by atoms with Gasteiger partial charge in [-0.15, -0.1) is 0 Å². The topological polar surface area (TPSA) is 72.5 Å². The number of ether oxygens (including phenoxy) is 1. The third kappa shape index (κ3) is 5.03. The summed E-state index contributed by atoms with van der Waals surface area (Å²) in [4.78, 5) is 11.6. The third-order valence-corrected chi connectivity index (χ3v) is 5.41. The molecule has 0 aliphatic heterocycles. The highest BCUT2D eigenvalue weighted by atomic mass is 35.5. The first-order valence-corrected chi connectivity index (χ1v) is 9.83. The smallest absolute Gasteiger partial charge is 0.379 e. The Balaban J connectivity index is 2.47. The van der Waals surface area contributed by atoms with Gasteiger partial charge in [-0.2, -0.15) is 13.5 Å². The van der Waals surface area contributed by atoms with Gasteiger partial charge in [-0.05, 0) is 43.7 Å². The van der Waals surface area contributed by atoms with Crippen LogP contribution in [-0.2, 0) is 19.6 Å². The van der Waals surface area contributed by atoms with Crippen molar-refractivity contribution in [2.45, 2.75) is 30.7 Å². The summed E-state index contributed by atoms with van der Waals surface area (Å²) >= 11 is 5.77. The number of benzene rings is 2. The normalized spacial score (nSPS) is 13.2. The van der Waals surface area contributed by atoms with Crippen LogP contribution in [0.4, 0.5) is 8.78 Å². The first-order valence-electron chi connectivity index (χ1n) is 7.97. The van der Waals surface area contributed by atoms with E-state index in [-0.39, 0.29) is 22.1 Å². The Labute approximate surface area is 161 Å². The zero-order valence-corrected chi connectivity index (χ0v) is 16.2. The summed E-state index contributed by atoms with van der Waals surface area (Å²) in [5.41, 5.74) is 0.674. The van der Waals surface area contributed by atoms with E-state index in [9.17, 15) is 22.0 Å². The molecule has 5 nitrogen and oxygen atoms in total. The first kappa shape index (κ1) is 21.3. The molecule has 27 heavy (non-hydrogen) atoms. The quantitative estimate of drug-likeness (QED) is 0.694. The summed E-state index contributed by atoms with van der Waals surface area (Å²) in [6.07, 6.45) is 0. The summed E-state index contributed by atoms with van der Waals surface area (Å²) < 4.78 is 61.0. The van der Waals surface area contributed by atoms with Crippen LogP contribution in [0.1, 0.15) is 24.1 Å². The van der Waals surface area contributed by atoms with E-state index in [2.05, 4.69) is 4.74 Å². The van der Waals surface area contributed by atoms with Crippen molar-refractivity contribution < 1.29 is 26.7 Å². The number of sulfonamides is 1. The lowest BCUT2D eigenvalue weighted by Gasteiger charge is -2.26. The number of carbonyl (C=O) groups is 1. The molecular formula is C18H18ClF2NO4S. The van der Waals surface area contributed by atoms with Crippen LogP contribution in [0.15, 0.2) is 53.4 Å². The lowest BCUT2D eigenvalue weighted by Crippen LogP contribution is -2.46. The highest BCUT2D eigenvalue weighted by molar-refractivity contribution is 7.89. The van der Waals surface area contributed by atoms with Crippen molar-refractivity contribution in [2.24, 2.45) is 0 Å². The number of carbonyl (C=O) groups excluding carboxylic acids is 1. The second-order valence-electron chi connectivity index (χ2n) is 5.76. The number of hydrogen-bond donors (Lipinski definition) is 1. The Kier molecular flexibility index (Phi) is 6.56. The molecule has 0 aliphatic rings. The molecule has 0 heterocycles. The molecule has 0 bridgehead atoms. The van der Waals surface area contributed by atoms with Crippen molar-refractivity contribution in [3.8, 4) is 0 Å². The fourth-order valence-corrected chi connectivity index (χ4v) is 3.64. The molecule has 146 valence electrons. The Morgan fingerprint density at radius 3 is 2.22 bits per heavy atom. The molecule has 0 fully saturated rings. The van der Waals surface area contributed by atoms with Gasteiger partial charge in [0.2, 0.25) is 10.0 Å². The molecule has 0 aromatic heterocycles. The summed E-state index contributed by atoms with van der Waals surface area (Å²) in [6.45, 7) is 2.86. The average Bonchev–Trinajstić information content (AvgIpc) is 2.61. The van der Waals surface area contributed by atoms with Gasteiger partial charge in [0.05, 0.1) is 11.5 Å². The zero-order chi connectivity index (χ0) is 20.2. The number of nitrogens with one attached hydrogen (secondary N) is 1. The van der Waals surface area contributed by atoms with Crippen molar-refractivity contribution >= 4 is 27.6 Å². The van der Waals surface area contributed by atoms with E-state index in [1.807, 2.05) is 4.72 Å². The predicted octanol–water partition coefficient (Wildman–Crippen LogP) is 3.87. The van der Waals surface area contributed by atoms with E-state index in [1.165, 1.54) is 55.5 Å². The van der Waals surface area contributed by atoms with Gasteiger partial charge in [0, 0.05) is 5.02 Å². The summed E-state index contributed by atoms with van der Waals surface area (Å²) in [6, 6.07) is 8.58. The van der Waals surface area contributed by atoms with Crippen molar-refractivity contribution in [3.05, 3.63) is 64.7 Å². The molecule has 1 unspecified atom stereocenters. The molecule has 0 amide bonds. The van der Waals surface area contributed by atoms with Crippen molar-refractivity contribution in [3.63, 3.8) is 0 Å². The van der Waals surface area contributed by atoms with Crippen molar-refractivity contribution in [1.82, 2.24) is 4.72 Å². The fraction of sp³-hybridized carbons (Fsp3) is 0.278. The molecule has 2 rings (SSSR count). The van der Waals surface area contributed by atoms with E-state index in [4.69, 9.17) is 11.6 Å². The Hall–Kier alpha value is -2.03. The fourth-order valence-electron chi connectivity index (χ4n) is 2.29. The third-order valence-electron chi connectivity index (χ3n) is 3.72. The van der Waals surface area contributed by atoms with Crippen LogP contribution in [0.2, 0.25) is 5.02 Å². The highest BCUT2D eigenvalue weighted by Gasteiger charge is 2.51. The minimum absolute atomic E-state index is 0.131. The van der Waals surface area contributed by atoms with Crippen LogP contribution >= 0.6 is 11.6 Å². The van der Waals surface area contributed by atoms with Gasteiger partial charge in [0.15, 0.2) is 0 Å². The molecule has 9 heteroatoms. The van der Waals surface area contributed by atoms with Crippen molar-refractivity contribution in [1.29, 1.82) is 0 Å². The van der Waals surface area contributed by atoms with Gasteiger partial charge >= 0.3 is 11.9 Å². The second kappa shape index (κ2) is 8.33.